The number of thioether (sulfide) groups is 1. The van der Waals surface area contributed by atoms with Gasteiger partial charge in [0.1, 0.15) is 0 Å². The number of rotatable bonds is 3. The zero-order chi connectivity index (χ0) is 12.3. The van der Waals surface area contributed by atoms with E-state index in [2.05, 4.69) is 25.2 Å². The van der Waals surface area contributed by atoms with Gasteiger partial charge in [-0.2, -0.15) is 0 Å². The molecule has 1 N–H and O–H groups in total. The summed E-state index contributed by atoms with van der Waals surface area (Å²) in [7, 11) is 0. The van der Waals surface area contributed by atoms with Crippen LogP contribution in [-0.4, -0.2) is 30.4 Å². The van der Waals surface area contributed by atoms with Gasteiger partial charge in [-0.15, -0.1) is 11.8 Å². The lowest BCUT2D eigenvalue weighted by atomic mass is 10.1. The summed E-state index contributed by atoms with van der Waals surface area (Å²) in [6.07, 6.45) is 5.12. The van der Waals surface area contributed by atoms with Crippen LogP contribution in [0, 0.1) is 5.92 Å². The predicted molar refractivity (Wildman–Crippen MR) is 70.9 cm³/mol. The van der Waals surface area contributed by atoms with Gasteiger partial charge < -0.3 is 10.1 Å². The number of carbonyl (C=O) groups is 1. The molecule has 3 nitrogen and oxygen atoms in total. The Morgan fingerprint density at radius 3 is 2.82 bits per heavy atom. The quantitative estimate of drug-likeness (QED) is 0.841. The fourth-order valence-electron chi connectivity index (χ4n) is 2.34. The van der Waals surface area contributed by atoms with Crippen molar-refractivity contribution in [1.29, 1.82) is 0 Å². The minimum absolute atomic E-state index is 0.115. The van der Waals surface area contributed by atoms with E-state index in [9.17, 15) is 4.79 Å². The maximum Gasteiger partial charge on any atom is 0.257 e. The first-order valence-corrected chi connectivity index (χ1v) is 7.35. The predicted octanol–water partition coefficient (Wildman–Crippen LogP) is 2.33. The second-order valence-electron chi connectivity index (χ2n) is 4.81. The molecular weight excluding hydrogens is 234 g/mol. The number of allylic oxidation sites excluding steroid dienone is 1. The van der Waals surface area contributed by atoms with Gasteiger partial charge in [-0.05, 0) is 25.2 Å². The molecule has 1 fully saturated rings. The molecule has 1 saturated heterocycles. The fourth-order valence-corrected chi connectivity index (χ4v) is 3.58. The second kappa shape index (κ2) is 5.91. The molecular formula is C13H21NO2S. The molecule has 0 spiro atoms. The van der Waals surface area contributed by atoms with Crippen molar-refractivity contribution in [1.82, 2.24) is 5.32 Å². The molecule has 2 unspecified atom stereocenters. The highest BCUT2D eigenvalue weighted by atomic mass is 32.2. The number of hydrogen-bond acceptors (Lipinski definition) is 3. The molecule has 2 aliphatic heterocycles. The summed E-state index contributed by atoms with van der Waals surface area (Å²) in [5, 5.41) is 3.69. The first kappa shape index (κ1) is 13.0. The van der Waals surface area contributed by atoms with Crippen LogP contribution in [0.4, 0.5) is 0 Å². The van der Waals surface area contributed by atoms with E-state index < -0.39 is 0 Å². The summed E-state index contributed by atoms with van der Waals surface area (Å²) in [5.41, 5.74) is 0. The van der Waals surface area contributed by atoms with Crippen molar-refractivity contribution in [2.75, 3.05) is 13.2 Å². The molecule has 2 heterocycles. The average molecular weight is 255 g/mol. The third kappa shape index (κ3) is 3.26. The molecule has 0 aromatic carbocycles. The largest absolute Gasteiger partial charge is 0.381 e. The standard InChI is InChI=1S/C13H21NO2S/c1-3-11-9(2)8-12(17-11)13(15)14-10-4-6-16-7-5-10/h8-11H,3-7H2,1-2H3,(H,14,15). The Hall–Kier alpha value is -0.480. The summed E-state index contributed by atoms with van der Waals surface area (Å²) >= 11 is 1.73. The van der Waals surface area contributed by atoms with Gasteiger partial charge in [0.25, 0.3) is 5.91 Å². The van der Waals surface area contributed by atoms with E-state index in [1.54, 1.807) is 11.8 Å². The Balaban J connectivity index is 1.86. The van der Waals surface area contributed by atoms with Crippen molar-refractivity contribution in [3.05, 3.63) is 11.0 Å². The van der Waals surface area contributed by atoms with Crippen LogP contribution in [0.5, 0.6) is 0 Å². The Morgan fingerprint density at radius 1 is 1.53 bits per heavy atom. The van der Waals surface area contributed by atoms with E-state index in [-0.39, 0.29) is 5.91 Å². The first-order chi connectivity index (χ1) is 8.20. The molecule has 0 saturated carbocycles. The Bertz CT molecular complexity index is 311. The number of carbonyl (C=O) groups excluding carboxylic acids is 1. The van der Waals surface area contributed by atoms with E-state index in [4.69, 9.17) is 4.74 Å². The Kier molecular flexibility index (Phi) is 4.51. The van der Waals surface area contributed by atoms with E-state index in [1.165, 1.54) is 0 Å². The fraction of sp³-hybridized carbons (Fsp3) is 0.769. The first-order valence-electron chi connectivity index (χ1n) is 6.47. The van der Waals surface area contributed by atoms with Crippen molar-refractivity contribution in [2.45, 2.75) is 44.4 Å². The van der Waals surface area contributed by atoms with Gasteiger partial charge in [0, 0.05) is 24.5 Å². The summed E-state index contributed by atoms with van der Waals surface area (Å²) in [6, 6.07) is 0.300. The van der Waals surface area contributed by atoms with Gasteiger partial charge in [-0.1, -0.05) is 19.9 Å². The molecule has 1 amide bonds. The number of hydrogen-bond donors (Lipinski definition) is 1. The zero-order valence-electron chi connectivity index (χ0n) is 10.6. The molecule has 2 atom stereocenters. The second-order valence-corrected chi connectivity index (χ2v) is 6.10. The van der Waals surface area contributed by atoms with Gasteiger partial charge in [-0.3, -0.25) is 4.79 Å². The molecule has 4 heteroatoms. The van der Waals surface area contributed by atoms with Gasteiger partial charge in [0.15, 0.2) is 0 Å². The van der Waals surface area contributed by atoms with E-state index in [0.717, 1.165) is 37.4 Å². The van der Waals surface area contributed by atoms with Crippen LogP contribution in [0.2, 0.25) is 0 Å². The lowest BCUT2D eigenvalue weighted by Gasteiger charge is -2.23. The molecule has 0 aliphatic carbocycles. The van der Waals surface area contributed by atoms with Crippen LogP contribution in [0.25, 0.3) is 0 Å². The molecule has 0 aromatic rings. The van der Waals surface area contributed by atoms with Crippen molar-refractivity contribution in [2.24, 2.45) is 5.92 Å². The number of amides is 1. The van der Waals surface area contributed by atoms with Gasteiger partial charge in [0.05, 0.1) is 4.91 Å². The number of nitrogens with one attached hydrogen (secondary N) is 1. The van der Waals surface area contributed by atoms with Crippen molar-refractivity contribution < 1.29 is 9.53 Å². The summed E-state index contributed by atoms with van der Waals surface area (Å²) in [4.78, 5) is 13.0. The SMILES string of the molecule is CCC1SC(C(=O)NC2CCOCC2)=CC1C. The van der Waals surface area contributed by atoms with Crippen molar-refractivity contribution in [3.8, 4) is 0 Å². The lowest BCUT2D eigenvalue weighted by Crippen LogP contribution is -2.39. The lowest BCUT2D eigenvalue weighted by molar-refractivity contribution is -0.118. The van der Waals surface area contributed by atoms with Gasteiger partial charge in [-0.25, -0.2) is 0 Å². The normalized spacial score (nSPS) is 30.1. The molecule has 0 bridgehead atoms. The van der Waals surface area contributed by atoms with E-state index in [1.807, 2.05) is 0 Å². The van der Waals surface area contributed by atoms with Crippen LogP contribution in [-0.2, 0) is 9.53 Å². The molecule has 0 radical (unpaired) electrons. The minimum atomic E-state index is 0.115. The molecule has 17 heavy (non-hydrogen) atoms. The van der Waals surface area contributed by atoms with Crippen molar-refractivity contribution in [3.63, 3.8) is 0 Å². The highest BCUT2D eigenvalue weighted by molar-refractivity contribution is 8.04. The maximum absolute atomic E-state index is 12.1. The number of ether oxygens (including phenoxy) is 1. The minimum Gasteiger partial charge on any atom is -0.381 e. The van der Waals surface area contributed by atoms with Gasteiger partial charge in [0.2, 0.25) is 0 Å². The summed E-state index contributed by atoms with van der Waals surface area (Å²) in [6.45, 7) is 5.91. The topological polar surface area (TPSA) is 38.3 Å². The van der Waals surface area contributed by atoms with Crippen LogP contribution in [0.3, 0.4) is 0 Å². The van der Waals surface area contributed by atoms with E-state index in [0.29, 0.717) is 17.2 Å². The molecule has 96 valence electrons. The average Bonchev–Trinajstić information content (AvgIpc) is 2.72. The maximum atomic E-state index is 12.1. The monoisotopic (exact) mass is 255 g/mol. The smallest absolute Gasteiger partial charge is 0.257 e. The third-order valence-corrected chi connectivity index (χ3v) is 5.10. The van der Waals surface area contributed by atoms with Crippen molar-refractivity contribution >= 4 is 17.7 Å². The van der Waals surface area contributed by atoms with E-state index >= 15 is 0 Å². The molecule has 2 aliphatic rings. The highest BCUT2D eigenvalue weighted by Crippen LogP contribution is 2.38. The van der Waals surface area contributed by atoms with Gasteiger partial charge >= 0.3 is 0 Å². The van der Waals surface area contributed by atoms with Crippen LogP contribution in [0.15, 0.2) is 11.0 Å². The van der Waals surface area contributed by atoms with Crippen LogP contribution >= 0.6 is 11.8 Å². The summed E-state index contributed by atoms with van der Waals surface area (Å²) < 4.78 is 5.29. The van der Waals surface area contributed by atoms with Crippen LogP contribution < -0.4 is 5.32 Å². The molecule has 2 rings (SSSR count). The zero-order valence-corrected chi connectivity index (χ0v) is 11.4. The molecule has 0 aromatic heterocycles. The Morgan fingerprint density at radius 2 is 2.24 bits per heavy atom. The third-order valence-electron chi connectivity index (χ3n) is 3.46. The highest BCUT2D eigenvalue weighted by Gasteiger charge is 2.28. The van der Waals surface area contributed by atoms with Crippen LogP contribution in [0.1, 0.15) is 33.1 Å². The summed E-state index contributed by atoms with van der Waals surface area (Å²) in [5.74, 6) is 0.630. The Labute approximate surface area is 107 Å².